The van der Waals surface area contributed by atoms with E-state index in [1.807, 2.05) is 24.3 Å². The number of alkyl halides is 2. The minimum absolute atomic E-state index is 0.174. The van der Waals surface area contributed by atoms with Crippen molar-refractivity contribution in [3.8, 4) is 5.75 Å². The third-order valence-corrected chi connectivity index (χ3v) is 3.59. The van der Waals surface area contributed by atoms with Crippen LogP contribution in [0.15, 0.2) is 51.4 Å². The van der Waals surface area contributed by atoms with Gasteiger partial charge >= 0.3 is 6.61 Å². The first-order valence-corrected chi connectivity index (χ1v) is 7.36. The minimum atomic E-state index is -2.83. The number of benzene rings is 2. The Hall–Kier alpha value is -1.14. The number of rotatable bonds is 5. The van der Waals surface area contributed by atoms with Gasteiger partial charge in [-0.2, -0.15) is 8.78 Å². The Morgan fingerprint density at radius 2 is 1.65 bits per heavy atom. The van der Waals surface area contributed by atoms with Gasteiger partial charge < -0.3 is 10.1 Å². The summed E-state index contributed by atoms with van der Waals surface area (Å²) in [5, 5.41) is 3.16. The lowest BCUT2D eigenvalue weighted by Gasteiger charge is -2.12. The Bertz CT molecular complexity index is 576. The molecule has 1 N–H and O–H groups in total. The second-order valence-corrected chi connectivity index (χ2v) is 5.82. The summed E-state index contributed by atoms with van der Waals surface area (Å²) in [6.45, 7) is -2.44. The van der Waals surface area contributed by atoms with Crippen LogP contribution in [0.2, 0.25) is 0 Å². The molecule has 2 aromatic rings. The summed E-state index contributed by atoms with van der Waals surface area (Å²) < 4.78 is 31.0. The largest absolute Gasteiger partial charge is 0.434 e. The van der Waals surface area contributed by atoms with Gasteiger partial charge in [0.2, 0.25) is 0 Å². The molecule has 2 rings (SSSR count). The van der Waals surface area contributed by atoms with E-state index in [1.165, 1.54) is 6.07 Å². The zero-order valence-electron chi connectivity index (χ0n) is 10.2. The van der Waals surface area contributed by atoms with Crippen molar-refractivity contribution in [3.05, 3.63) is 57.0 Å². The Kier molecular flexibility index (Phi) is 5.37. The summed E-state index contributed by atoms with van der Waals surface area (Å²) in [6.07, 6.45) is 0. The Morgan fingerprint density at radius 3 is 2.30 bits per heavy atom. The van der Waals surface area contributed by atoms with Crippen LogP contribution >= 0.6 is 31.9 Å². The van der Waals surface area contributed by atoms with Gasteiger partial charge in [0.15, 0.2) is 0 Å². The molecule has 106 valence electrons. The van der Waals surface area contributed by atoms with Crippen LogP contribution in [0, 0.1) is 0 Å². The monoisotopic (exact) mass is 405 g/mol. The number of halogens is 4. The molecular formula is C14H11Br2F2NO. The maximum Gasteiger partial charge on any atom is 0.387 e. The number of hydrogen-bond donors (Lipinski definition) is 1. The first kappa shape index (κ1) is 15.3. The second kappa shape index (κ2) is 7.04. The molecule has 0 aliphatic rings. The molecule has 0 spiro atoms. The van der Waals surface area contributed by atoms with Crippen LogP contribution in [0.25, 0.3) is 0 Å². The molecule has 2 nitrogen and oxygen atoms in total. The third kappa shape index (κ3) is 4.45. The van der Waals surface area contributed by atoms with Gasteiger partial charge in [-0.3, -0.25) is 0 Å². The molecule has 0 aliphatic carbocycles. The molecule has 0 amide bonds. The molecule has 0 saturated carbocycles. The fourth-order valence-corrected chi connectivity index (χ4v) is 2.33. The smallest absolute Gasteiger partial charge is 0.387 e. The quantitative estimate of drug-likeness (QED) is 0.715. The summed E-state index contributed by atoms with van der Waals surface area (Å²) >= 11 is 6.67. The molecule has 0 radical (unpaired) electrons. The van der Waals surface area contributed by atoms with Crippen LogP contribution in [0.5, 0.6) is 5.75 Å². The molecule has 0 atom stereocenters. The number of ether oxygens (including phenoxy) is 1. The normalized spacial score (nSPS) is 10.7. The molecule has 0 aromatic heterocycles. The van der Waals surface area contributed by atoms with E-state index in [-0.39, 0.29) is 5.75 Å². The highest BCUT2D eigenvalue weighted by Crippen LogP contribution is 2.26. The SMILES string of the molecule is FC(F)Oc1ccc(Br)cc1CNc1ccc(Br)cc1. The van der Waals surface area contributed by atoms with E-state index in [0.717, 1.165) is 14.6 Å². The predicted molar refractivity (Wildman–Crippen MR) is 82.2 cm³/mol. The molecule has 0 fully saturated rings. The van der Waals surface area contributed by atoms with Crippen LogP contribution in [0.4, 0.5) is 14.5 Å². The molecular weight excluding hydrogens is 396 g/mol. The minimum Gasteiger partial charge on any atom is -0.434 e. The van der Waals surface area contributed by atoms with Crippen molar-refractivity contribution in [2.24, 2.45) is 0 Å². The van der Waals surface area contributed by atoms with Gasteiger partial charge in [0.1, 0.15) is 5.75 Å². The van der Waals surface area contributed by atoms with Gasteiger partial charge in [0.05, 0.1) is 0 Å². The number of hydrogen-bond acceptors (Lipinski definition) is 2. The van der Waals surface area contributed by atoms with Crippen LogP contribution < -0.4 is 10.1 Å². The van der Waals surface area contributed by atoms with Crippen molar-refractivity contribution in [1.29, 1.82) is 0 Å². The third-order valence-electron chi connectivity index (χ3n) is 2.57. The van der Waals surface area contributed by atoms with Crippen LogP contribution in [-0.2, 0) is 6.54 Å². The van der Waals surface area contributed by atoms with Crippen molar-refractivity contribution >= 4 is 37.5 Å². The fraction of sp³-hybridized carbons (Fsp3) is 0.143. The number of anilines is 1. The van der Waals surface area contributed by atoms with E-state index in [1.54, 1.807) is 12.1 Å². The zero-order valence-corrected chi connectivity index (χ0v) is 13.4. The Balaban J connectivity index is 2.11. The van der Waals surface area contributed by atoms with Crippen LogP contribution in [-0.4, -0.2) is 6.61 Å². The summed E-state index contributed by atoms with van der Waals surface area (Å²) in [4.78, 5) is 0. The van der Waals surface area contributed by atoms with E-state index in [4.69, 9.17) is 0 Å². The lowest BCUT2D eigenvalue weighted by molar-refractivity contribution is -0.0504. The highest BCUT2D eigenvalue weighted by atomic mass is 79.9. The zero-order chi connectivity index (χ0) is 14.5. The highest BCUT2D eigenvalue weighted by molar-refractivity contribution is 9.10. The maximum absolute atomic E-state index is 12.3. The lowest BCUT2D eigenvalue weighted by Crippen LogP contribution is -2.07. The fourth-order valence-electron chi connectivity index (χ4n) is 1.66. The topological polar surface area (TPSA) is 21.3 Å². The van der Waals surface area contributed by atoms with Gasteiger partial charge in [-0.25, -0.2) is 0 Å². The van der Waals surface area contributed by atoms with Gasteiger partial charge in [0, 0.05) is 26.7 Å². The van der Waals surface area contributed by atoms with E-state index in [0.29, 0.717) is 12.1 Å². The average Bonchev–Trinajstić information content (AvgIpc) is 2.40. The molecule has 0 aliphatic heterocycles. The number of nitrogens with one attached hydrogen (secondary N) is 1. The maximum atomic E-state index is 12.3. The summed E-state index contributed by atoms with van der Waals surface area (Å²) in [5.74, 6) is 0.174. The van der Waals surface area contributed by atoms with Gasteiger partial charge in [0.25, 0.3) is 0 Å². The molecule has 0 saturated heterocycles. The average molecular weight is 407 g/mol. The summed E-state index contributed by atoms with van der Waals surface area (Å²) in [6, 6.07) is 12.5. The van der Waals surface area contributed by atoms with Crippen LogP contribution in [0.1, 0.15) is 5.56 Å². The molecule has 2 aromatic carbocycles. The lowest BCUT2D eigenvalue weighted by atomic mass is 10.2. The second-order valence-electron chi connectivity index (χ2n) is 3.99. The molecule has 20 heavy (non-hydrogen) atoms. The molecule has 6 heteroatoms. The van der Waals surface area contributed by atoms with Crippen LogP contribution in [0.3, 0.4) is 0 Å². The van der Waals surface area contributed by atoms with Gasteiger partial charge in [-0.05, 0) is 42.5 Å². The molecule has 0 heterocycles. The van der Waals surface area contributed by atoms with E-state index in [2.05, 4.69) is 41.9 Å². The van der Waals surface area contributed by atoms with Gasteiger partial charge in [-0.15, -0.1) is 0 Å². The van der Waals surface area contributed by atoms with Crippen molar-refractivity contribution < 1.29 is 13.5 Å². The predicted octanol–water partition coefficient (Wildman–Crippen LogP) is 5.43. The van der Waals surface area contributed by atoms with E-state index >= 15 is 0 Å². The standard InChI is InChI=1S/C14H11Br2F2NO/c15-10-1-4-12(5-2-10)19-8-9-7-11(16)3-6-13(9)20-14(17)18/h1-7,14,19H,8H2. The first-order chi connectivity index (χ1) is 9.54. The Morgan fingerprint density at radius 1 is 1.00 bits per heavy atom. The first-order valence-electron chi connectivity index (χ1n) is 5.77. The van der Waals surface area contributed by atoms with E-state index < -0.39 is 6.61 Å². The van der Waals surface area contributed by atoms with Crippen molar-refractivity contribution in [1.82, 2.24) is 0 Å². The Labute approximate surface area is 132 Å². The van der Waals surface area contributed by atoms with E-state index in [9.17, 15) is 8.78 Å². The summed E-state index contributed by atoms with van der Waals surface area (Å²) in [5.41, 5.74) is 1.55. The van der Waals surface area contributed by atoms with Crippen molar-refractivity contribution in [2.45, 2.75) is 13.2 Å². The summed E-state index contributed by atoms with van der Waals surface area (Å²) in [7, 11) is 0. The molecule has 0 bridgehead atoms. The highest BCUT2D eigenvalue weighted by Gasteiger charge is 2.10. The van der Waals surface area contributed by atoms with Crippen molar-refractivity contribution in [3.63, 3.8) is 0 Å². The van der Waals surface area contributed by atoms with Gasteiger partial charge in [-0.1, -0.05) is 31.9 Å². The van der Waals surface area contributed by atoms with Crippen molar-refractivity contribution in [2.75, 3.05) is 5.32 Å². The molecule has 0 unspecified atom stereocenters.